The highest BCUT2D eigenvalue weighted by Crippen LogP contribution is 2.23. The molecule has 0 aliphatic heterocycles. The van der Waals surface area contributed by atoms with Crippen molar-refractivity contribution in [2.45, 2.75) is 63.8 Å². The molecule has 1 aromatic rings. The van der Waals surface area contributed by atoms with Gasteiger partial charge in [-0.1, -0.05) is 33.1 Å². The summed E-state index contributed by atoms with van der Waals surface area (Å²) in [4.78, 5) is 14.9. The van der Waals surface area contributed by atoms with Crippen LogP contribution in [0.4, 0.5) is 5.69 Å². The first-order valence-electron chi connectivity index (χ1n) is 10.1. The molecule has 1 fully saturated rings. The quantitative estimate of drug-likeness (QED) is 0.696. The second-order valence-electron chi connectivity index (χ2n) is 6.94. The maximum atomic E-state index is 12.6. The molecule has 0 atom stereocenters. The summed E-state index contributed by atoms with van der Waals surface area (Å²) < 4.78 is 26.5. The fourth-order valence-electron chi connectivity index (χ4n) is 3.77. The molecule has 1 N–H and O–H groups in total. The third-order valence-electron chi connectivity index (χ3n) is 5.32. The molecule has 2 rings (SSSR count). The Labute approximate surface area is 164 Å². The first kappa shape index (κ1) is 21.7. The predicted molar refractivity (Wildman–Crippen MR) is 109 cm³/mol. The van der Waals surface area contributed by atoms with Crippen LogP contribution in [0.3, 0.4) is 0 Å². The third-order valence-corrected chi connectivity index (χ3v) is 7.38. The minimum absolute atomic E-state index is 0.101. The van der Waals surface area contributed by atoms with Gasteiger partial charge in [-0.05, 0) is 44.0 Å². The number of benzene rings is 1. The van der Waals surface area contributed by atoms with E-state index >= 15 is 0 Å². The van der Waals surface area contributed by atoms with Crippen LogP contribution in [0, 0.1) is 0 Å². The lowest BCUT2D eigenvalue weighted by molar-refractivity contribution is -0.132. The lowest BCUT2D eigenvalue weighted by atomic mass is 9.94. The van der Waals surface area contributed by atoms with Gasteiger partial charge in [0.05, 0.1) is 11.4 Å². The number of sulfonamides is 1. The highest BCUT2D eigenvalue weighted by atomic mass is 32.2. The predicted octanol–water partition coefficient (Wildman–Crippen LogP) is 3.31. The van der Waals surface area contributed by atoms with Crippen molar-refractivity contribution in [3.8, 4) is 0 Å². The van der Waals surface area contributed by atoms with Crippen molar-refractivity contribution in [2.75, 3.05) is 31.5 Å². The Morgan fingerprint density at radius 1 is 1.00 bits per heavy atom. The fourth-order valence-corrected chi connectivity index (χ4v) is 5.23. The van der Waals surface area contributed by atoms with Crippen LogP contribution < -0.4 is 5.32 Å². The molecule has 0 radical (unpaired) electrons. The summed E-state index contributed by atoms with van der Waals surface area (Å²) in [6.07, 6.45) is 5.85. The van der Waals surface area contributed by atoms with Gasteiger partial charge < -0.3 is 10.2 Å². The first-order valence-corrected chi connectivity index (χ1v) is 11.5. The van der Waals surface area contributed by atoms with E-state index in [1.54, 1.807) is 24.3 Å². The largest absolute Gasteiger partial charge is 0.376 e. The number of nitrogens with zero attached hydrogens (tertiary/aromatic N) is 2. The van der Waals surface area contributed by atoms with Gasteiger partial charge in [-0.2, -0.15) is 4.31 Å². The van der Waals surface area contributed by atoms with Crippen molar-refractivity contribution >= 4 is 21.6 Å². The Hall–Kier alpha value is -1.60. The molecule has 152 valence electrons. The van der Waals surface area contributed by atoms with E-state index in [1.807, 2.05) is 25.7 Å². The molecule has 0 saturated heterocycles. The Balaban J connectivity index is 1.97. The van der Waals surface area contributed by atoms with Gasteiger partial charge in [-0.25, -0.2) is 8.42 Å². The van der Waals surface area contributed by atoms with E-state index in [0.717, 1.165) is 25.1 Å². The summed E-state index contributed by atoms with van der Waals surface area (Å²) in [6, 6.07) is 7.00. The minimum atomic E-state index is -3.45. The van der Waals surface area contributed by atoms with E-state index in [-0.39, 0.29) is 17.3 Å². The normalized spacial score (nSPS) is 15.7. The molecule has 1 aliphatic carbocycles. The second-order valence-corrected chi connectivity index (χ2v) is 8.88. The molecule has 0 spiro atoms. The molecule has 1 amide bonds. The molecule has 27 heavy (non-hydrogen) atoms. The lowest BCUT2D eigenvalue weighted by Gasteiger charge is -2.33. The van der Waals surface area contributed by atoms with E-state index in [1.165, 1.54) is 23.6 Å². The van der Waals surface area contributed by atoms with Crippen molar-refractivity contribution in [2.24, 2.45) is 0 Å². The van der Waals surface area contributed by atoms with Crippen molar-refractivity contribution < 1.29 is 13.2 Å². The van der Waals surface area contributed by atoms with Crippen LogP contribution in [0.2, 0.25) is 0 Å². The van der Waals surface area contributed by atoms with Crippen molar-refractivity contribution in [3.05, 3.63) is 24.3 Å². The Bertz CT molecular complexity index is 694. The number of carbonyl (C=O) groups is 1. The summed E-state index contributed by atoms with van der Waals surface area (Å²) in [6.45, 7) is 7.53. The van der Waals surface area contributed by atoms with Gasteiger partial charge >= 0.3 is 0 Å². The highest BCUT2D eigenvalue weighted by molar-refractivity contribution is 7.89. The third kappa shape index (κ3) is 5.45. The van der Waals surface area contributed by atoms with Crippen LogP contribution in [-0.2, 0) is 14.8 Å². The standard InChI is InChI=1S/C20H33N3O3S/c1-4-22(5-2)27(25,26)19-14-12-17(13-15-19)21-16-20(24)23(6-3)18-10-8-7-9-11-18/h12-15,18,21H,4-11,16H2,1-3H3. The number of likely N-dealkylation sites (N-methyl/N-ethyl adjacent to an activating group) is 1. The average Bonchev–Trinajstić information content (AvgIpc) is 2.69. The molecule has 0 bridgehead atoms. The molecule has 0 aromatic heterocycles. The smallest absolute Gasteiger partial charge is 0.243 e. The summed E-state index contributed by atoms with van der Waals surface area (Å²) in [5, 5.41) is 3.13. The lowest BCUT2D eigenvalue weighted by Crippen LogP contribution is -2.43. The summed E-state index contributed by atoms with van der Waals surface area (Å²) in [5.41, 5.74) is 0.751. The van der Waals surface area contributed by atoms with Crippen LogP contribution in [0.5, 0.6) is 0 Å². The SMILES string of the molecule is CCN(C(=O)CNc1ccc(S(=O)(=O)N(CC)CC)cc1)C1CCCCC1. The maximum absolute atomic E-state index is 12.6. The van der Waals surface area contributed by atoms with Crippen molar-refractivity contribution in [3.63, 3.8) is 0 Å². The van der Waals surface area contributed by atoms with Crippen LogP contribution in [0.15, 0.2) is 29.2 Å². The van der Waals surface area contributed by atoms with Crippen LogP contribution >= 0.6 is 0 Å². The van der Waals surface area contributed by atoms with Gasteiger partial charge in [0.15, 0.2) is 0 Å². The number of nitrogens with one attached hydrogen (secondary N) is 1. The van der Waals surface area contributed by atoms with Gasteiger partial charge in [0, 0.05) is 31.4 Å². The fraction of sp³-hybridized carbons (Fsp3) is 0.650. The Morgan fingerprint density at radius 2 is 1.59 bits per heavy atom. The Morgan fingerprint density at radius 3 is 2.11 bits per heavy atom. The Kier molecular flexibility index (Phi) is 8.10. The van der Waals surface area contributed by atoms with Gasteiger partial charge in [0.25, 0.3) is 0 Å². The molecule has 6 nitrogen and oxygen atoms in total. The number of amides is 1. The zero-order valence-corrected chi connectivity index (χ0v) is 17.6. The number of hydrogen-bond donors (Lipinski definition) is 1. The monoisotopic (exact) mass is 395 g/mol. The van der Waals surface area contributed by atoms with Crippen LogP contribution in [0.1, 0.15) is 52.9 Å². The van der Waals surface area contributed by atoms with Crippen LogP contribution in [0.25, 0.3) is 0 Å². The number of carbonyl (C=O) groups excluding carboxylic acids is 1. The molecule has 7 heteroatoms. The number of anilines is 1. The maximum Gasteiger partial charge on any atom is 0.243 e. The zero-order chi connectivity index (χ0) is 19.9. The van der Waals surface area contributed by atoms with Gasteiger partial charge in [-0.3, -0.25) is 4.79 Å². The van der Waals surface area contributed by atoms with Crippen molar-refractivity contribution in [1.29, 1.82) is 0 Å². The molecule has 1 aliphatic rings. The molecule has 0 heterocycles. The second kappa shape index (κ2) is 10.1. The molecular formula is C20H33N3O3S. The van der Waals surface area contributed by atoms with Gasteiger partial charge in [0.2, 0.25) is 15.9 Å². The number of hydrogen-bond acceptors (Lipinski definition) is 4. The molecule has 1 saturated carbocycles. The van der Waals surface area contributed by atoms with Gasteiger partial charge in [0.1, 0.15) is 0 Å². The zero-order valence-electron chi connectivity index (χ0n) is 16.8. The molecule has 0 unspecified atom stereocenters. The first-order chi connectivity index (χ1) is 12.9. The van der Waals surface area contributed by atoms with Gasteiger partial charge in [-0.15, -0.1) is 0 Å². The van der Waals surface area contributed by atoms with Crippen molar-refractivity contribution in [1.82, 2.24) is 9.21 Å². The molecule has 1 aromatic carbocycles. The van der Waals surface area contributed by atoms with E-state index in [9.17, 15) is 13.2 Å². The number of rotatable bonds is 9. The molecular weight excluding hydrogens is 362 g/mol. The summed E-state index contributed by atoms with van der Waals surface area (Å²) in [5.74, 6) is 0.101. The van der Waals surface area contributed by atoms with E-state index in [2.05, 4.69) is 5.32 Å². The van der Waals surface area contributed by atoms with E-state index in [0.29, 0.717) is 19.1 Å². The summed E-state index contributed by atoms with van der Waals surface area (Å²) in [7, 11) is -3.45. The topological polar surface area (TPSA) is 69.7 Å². The summed E-state index contributed by atoms with van der Waals surface area (Å²) >= 11 is 0. The minimum Gasteiger partial charge on any atom is -0.376 e. The van der Waals surface area contributed by atoms with Crippen LogP contribution in [-0.4, -0.2) is 55.8 Å². The van der Waals surface area contributed by atoms with E-state index < -0.39 is 10.0 Å². The average molecular weight is 396 g/mol. The van der Waals surface area contributed by atoms with E-state index in [4.69, 9.17) is 0 Å². The highest BCUT2D eigenvalue weighted by Gasteiger charge is 2.24.